The molecule has 0 aromatic rings. The van der Waals surface area contributed by atoms with Gasteiger partial charge in [0.15, 0.2) is 0 Å². The summed E-state index contributed by atoms with van der Waals surface area (Å²) in [6, 6.07) is 0.701. The molecule has 2 saturated carbocycles. The second-order valence-corrected chi connectivity index (χ2v) is 5.52. The lowest BCUT2D eigenvalue weighted by Crippen LogP contribution is -2.45. The molecule has 1 amide bonds. The summed E-state index contributed by atoms with van der Waals surface area (Å²) in [6.45, 7) is 1.02. The molecule has 2 aliphatic carbocycles. The highest BCUT2D eigenvalue weighted by molar-refractivity contribution is 5.80. The second kappa shape index (κ2) is 3.48. The van der Waals surface area contributed by atoms with Crippen molar-refractivity contribution in [2.24, 2.45) is 17.6 Å². The van der Waals surface area contributed by atoms with Gasteiger partial charge in [-0.15, -0.1) is 0 Å². The van der Waals surface area contributed by atoms with Gasteiger partial charge in [0.25, 0.3) is 0 Å². The standard InChI is InChI=1S/C12H20N2O/c13-11-3-1-2-10(11)12(15)14-7-8-4-5-9(14)6-8/h8-11H,1-7,13H2. The Hall–Kier alpha value is -0.570. The highest BCUT2D eigenvalue weighted by Gasteiger charge is 2.43. The molecule has 3 aliphatic rings. The molecule has 3 fully saturated rings. The molecule has 1 aliphatic heterocycles. The normalized spacial score (nSPS) is 43.9. The van der Waals surface area contributed by atoms with Crippen LogP contribution in [0.4, 0.5) is 0 Å². The number of hydrogen-bond acceptors (Lipinski definition) is 2. The van der Waals surface area contributed by atoms with E-state index in [1.807, 2.05) is 0 Å². The van der Waals surface area contributed by atoms with Gasteiger partial charge in [0.1, 0.15) is 0 Å². The average Bonchev–Trinajstić information content (AvgIpc) is 2.91. The topological polar surface area (TPSA) is 46.3 Å². The zero-order valence-electron chi connectivity index (χ0n) is 9.19. The van der Waals surface area contributed by atoms with Crippen LogP contribution in [0.25, 0.3) is 0 Å². The first-order chi connectivity index (χ1) is 7.25. The molecule has 3 rings (SSSR count). The summed E-state index contributed by atoms with van der Waals surface area (Å²) in [4.78, 5) is 14.4. The Labute approximate surface area is 91.0 Å². The van der Waals surface area contributed by atoms with Crippen molar-refractivity contribution in [1.29, 1.82) is 0 Å². The average molecular weight is 208 g/mol. The van der Waals surface area contributed by atoms with E-state index in [0.717, 1.165) is 31.7 Å². The molecule has 0 aromatic carbocycles. The highest BCUT2D eigenvalue weighted by Crippen LogP contribution is 2.39. The quantitative estimate of drug-likeness (QED) is 0.702. The third-order valence-electron chi connectivity index (χ3n) is 4.58. The van der Waals surface area contributed by atoms with Crippen molar-refractivity contribution >= 4 is 5.91 Å². The van der Waals surface area contributed by atoms with Gasteiger partial charge in [-0.05, 0) is 38.0 Å². The third kappa shape index (κ3) is 1.48. The van der Waals surface area contributed by atoms with Crippen LogP contribution in [0.15, 0.2) is 0 Å². The number of carbonyl (C=O) groups excluding carboxylic acids is 1. The SMILES string of the molecule is NC1CCCC1C(=O)N1CC2CCC1C2. The van der Waals surface area contributed by atoms with E-state index in [1.54, 1.807) is 0 Å². The monoisotopic (exact) mass is 208 g/mol. The molecule has 2 N–H and O–H groups in total. The number of nitrogens with two attached hydrogens (primary N) is 1. The minimum absolute atomic E-state index is 0.136. The lowest BCUT2D eigenvalue weighted by atomic mass is 10.0. The predicted molar refractivity (Wildman–Crippen MR) is 58.2 cm³/mol. The van der Waals surface area contributed by atoms with E-state index in [2.05, 4.69) is 4.90 Å². The molecule has 4 atom stereocenters. The summed E-state index contributed by atoms with van der Waals surface area (Å²) in [6.07, 6.45) is 7.03. The van der Waals surface area contributed by atoms with Gasteiger partial charge in [-0.25, -0.2) is 0 Å². The number of amides is 1. The smallest absolute Gasteiger partial charge is 0.227 e. The maximum atomic E-state index is 12.3. The summed E-state index contributed by atoms with van der Waals surface area (Å²) >= 11 is 0. The fraction of sp³-hybridized carbons (Fsp3) is 0.917. The van der Waals surface area contributed by atoms with E-state index < -0.39 is 0 Å². The molecule has 84 valence electrons. The lowest BCUT2D eigenvalue weighted by molar-refractivity contribution is -0.137. The van der Waals surface area contributed by atoms with Crippen LogP contribution >= 0.6 is 0 Å². The van der Waals surface area contributed by atoms with Gasteiger partial charge in [0, 0.05) is 18.6 Å². The Balaban J connectivity index is 1.69. The van der Waals surface area contributed by atoms with Crippen molar-refractivity contribution < 1.29 is 4.79 Å². The van der Waals surface area contributed by atoms with Crippen LogP contribution in [0, 0.1) is 11.8 Å². The molecule has 3 heteroatoms. The molecule has 15 heavy (non-hydrogen) atoms. The Morgan fingerprint density at radius 3 is 2.60 bits per heavy atom. The lowest BCUT2D eigenvalue weighted by Gasteiger charge is -2.30. The maximum absolute atomic E-state index is 12.3. The summed E-state index contributed by atoms with van der Waals surface area (Å²) in [5, 5.41) is 0. The van der Waals surface area contributed by atoms with Crippen LogP contribution < -0.4 is 5.73 Å². The van der Waals surface area contributed by atoms with Crippen LogP contribution in [-0.4, -0.2) is 29.4 Å². The minimum atomic E-state index is 0.136. The van der Waals surface area contributed by atoms with Crippen molar-refractivity contribution in [3.8, 4) is 0 Å². The summed E-state index contributed by atoms with van der Waals surface area (Å²) in [7, 11) is 0. The van der Waals surface area contributed by atoms with Gasteiger partial charge in [0.05, 0.1) is 5.92 Å². The molecule has 0 spiro atoms. The first-order valence-corrected chi connectivity index (χ1v) is 6.32. The molecule has 0 radical (unpaired) electrons. The molecule has 1 heterocycles. The van der Waals surface area contributed by atoms with E-state index >= 15 is 0 Å². The number of nitrogens with zero attached hydrogens (tertiary/aromatic N) is 1. The Bertz CT molecular complexity index is 279. The van der Waals surface area contributed by atoms with Gasteiger partial charge in [0.2, 0.25) is 5.91 Å². The van der Waals surface area contributed by atoms with E-state index in [1.165, 1.54) is 19.3 Å². The van der Waals surface area contributed by atoms with Crippen molar-refractivity contribution in [1.82, 2.24) is 4.90 Å². The summed E-state index contributed by atoms with van der Waals surface area (Å²) in [5.41, 5.74) is 6.00. The van der Waals surface area contributed by atoms with E-state index in [0.29, 0.717) is 11.9 Å². The van der Waals surface area contributed by atoms with E-state index in [-0.39, 0.29) is 12.0 Å². The third-order valence-corrected chi connectivity index (χ3v) is 4.58. The maximum Gasteiger partial charge on any atom is 0.227 e. The van der Waals surface area contributed by atoms with Gasteiger partial charge < -0.3 is 10.6 Å². The number of rotatable bonds is 1. The van der Waals surface area contributed by atoms with Crippen molar-refractivity contribution in [3.63, 3.8) is 0 Å². The first kappa shape index (κ1) is 9.64. The Kier molecular flexibility index (Phi) is 2.23. The first-order valence-electron chi connectivity index (χ1n) is 6.32. The molecule has 3 nitrogen and oxygen atoms in total. The Morgan fingerprint density at radius 2 is 2.07 bits per heavy atom. The number of piperidine rings is 1. The van der Waals surface area contributed by atoms with Crippen LogP contribution in [0.5, 0.6) is 0 Å². The van der Waals surface area contributed by atoms with Crippen LogP contribution in [0.3, 0.4) is 0 Å². The second-order valence-electron chi connectivity index (χ2n) is 5.52. The van der Waals surface area contributed by atoms with E-state index in [4.69, 9.17) is 5.73 Å². The Morgan fingerprint density at radius 1 is 1.20 bits per heavy atom. The molecule has 1 saturated heterocycles. The summed E-state index contributed by atoms with van der Waals surface area (Å²) < 4.78 is 0. The number of fused-ring (bicyclic) bond motifs is 2. The largest absolute Gasteiger partial charge is 0.339 e. The van der Waals surface area contributed by atoms with Crippen molar-refractivity contribution in [2.45, 2.75) is 50.6 Å². The molecule has 2 bridgehead atoms. The van der Waals surface area contributed by atoms with Gasteiger partial charge in [-0.1, -0.05) is 6.42 Å². The molecule has 4 unspecified atom stereocenters. The van der Waals surface area contributed by atoms with Gasteiger partial charge >= 0.3 is 0 Å². The zero-order valence-corrected chi connectivity index (χ0v) is 9.19. The van der Waals surface area contributed by atoms with Gasteiger partial charge in [-0.2, -0.15) is 0 Å². The van der Waals surface area contributed by atoms with Crippen LogP contribution in [0.1, 0.15) is 38.5 Å². The van der Waals surface area contributed by atoms with Gasteiger partial charge in [-0.3, -0.25) is 4.79 Å². The zero-order chi connectivity index (χ0) is 10.4. The van der Waals surface area contributed by atoms with E-state index in [9.17, 15) is 4.79 Å². The van der Waals surface area contributed by atoms with Crippen molar-refractivity contribution in [3.05, 3.63) is 0 Å². The number of carbonyl (C=O) groups is 1. The van der Waals surface area contributed by atoms with Crippen molar-refractivity contribution in [2.75, 3.05) is 6.54 Å². The summed E-state index contributed by atoms with van der Waals surface area (Å²) in [5.74, 6) is 1.31. The number of hydrogen-bond donors (Lipinski definition) is 1. The fourth-order valence-corrected chi connectivity index (χ4v) is 3.70. The molecular weight excluding hydrogens is 188 g/mol. The minimum Gasteiger partial charge on any atom is -0.339 e. The highest BCUT2D eigenvalue weighted by atomic mass is 16.2. The predicted octanol–water partition coefficient (Wildman–Crippen LogP) is 1.12. The number of likely N-dealkylation sites (tertiary alicyclic amines) is 1. The van der Waals surface area contributed by atoms with Crippen LogP contribution in [-0.2, 0) is 4.79 Å². The van der Waals surface area contributed by atoms with Crippen LogP contribution in [0.2, 0.25) is 0 Å². The molecule has 0 aromatic heterocycles. The fourth-order valence-electron chi connectivity index (χ4n) is 3.70. The molecular formula is C12H20N2O.